The number of benzene rings is 1. The Morgan fingerprint density at radius 2 is 2.07 bits per heavy atom. The predicted octanol–water partition coefficient (Wildman–Crippen LogP) is 2.39. The van der Waals surface area contributed by atoms with E-state index in [-0.39, 0.29) is 24.0 Å². The van der Waals surface area contributed by atoms with Crippen LogP contribution in [-0.2, 0) is 20.0 Å². The molecule has 0 amide bonds. The molecule has 2 heterocycles. The number of rotatable bonds is 6. The van der Waals surface area contributed by atoms with Crippen molar-refractivity contribution in [2.24, 2.45) is 12.0 Å². The number of nitrogens with one attached hydrogen (secondary N) is 1. The second-order valence-electron chi connectivity index (χ2n) is 5.90. The topological polar surface area (TPSA) is 97.3 Å². The van der Waals surface area contributed by atoms with Gasteiger partial charge in [-0.25, -0.2) is 4.98 Å². The third kappa shape index (κ3) is 5.64. The first kappa shape index (κ1) is 22.1. The van der Waals surface area contributed by atoms with E-state index in [0.29, 0.717) is 36.2 Å². The Hall–Kier alpha value is -2.21. The summed E-state index contributed by atoms with van der Waals surface area (Å²) in [5, 5.41) is 12.0. The third-order valence-corrected chi connectivity index (χ3v) is 4.20. The molecule has 2 aromatic heterocycles. The first-order chi connectivity index (χ1) is 13.1. The van der Waals surface area contributed by atoms with Crippen molar-refractivity contribution < 1.29 is 4.52 Å². The van der Waals surface area contributed by atoms with Crippen LogP contribution in [0.25, 0.3) is 11.4 Å². The highest BCUT2D eigenvalue weighted by atomic mass is 127. The van der Waals surface area contributed by atoms with Gasteiger partial charge in [-0.15, -0.1) is 24.0 Å². The highest BCUT2D eigenvalue weighted by molar-refractivity contribution is 14.0. The quantitative estimate of drug-likeness (QED) is 0.305. The van der Waals surface area contributed by atoms with Crippen LogP contribution in [0, 0.1) is 0 Å². The molecule has 11 heteroatoms. The van der Waals surface area contributed by atoms with Crippen molar-refractivity contribution in [3.63, 3.8) is 0 Å². The number of aryl methyl sites for hydroxylation is 1. The second kappa shape index (κ2) is 10.4. The van der Waals surface area contributed by atoms with Gasteiger partial charge in [0.25, 0.3) is 0 Å². The van der Waals surface area contributed by atoms with Crippen LogP contribution in [0.3, 0.4) is 0 Å². The molecule has 0 spiro atoms. The van der Waals surface area contributed by atoms with Crippen LogP contribution in [0.2, 0.25) is 5.02 Å². The number of nitrogens with zero attached hydrogens (tertiary/aromatic N) is 7. The minimum absolute atomic E-state index is 0. The third-order valence-electron chi connectivity index (χ3n) is 3.95. The highest BCUT2D eigenvalue weighted by Gasteiger charge is 2.12. The van der Waals surface area contributed by atoms with E-state index in [4.69, 9.17) is 16.1 Å². The molecule has 3 aromatic rings. The summed E-state index contributed by atoms with van der Waals surface area (Å²) in [6.45, 7) is 1.20. The van der Waals surface area contributed by atoms with E-state index in [2.05, 4.69) is 30.5 Å². The van der Waals surface area contributed by atoms with Gasteiger partial charge < -0.3 is 14.7 Å². The fourth-order valence-corrected chi connectivity index (χ4v) is 2.61. The summed E-state index contributed by atoms with van der Waals surface area (Å²) in [5.74, 6) is 2.70. The van der Waals surface area contributed by atoms with Gasteiger partial charge in [0.05, 0.1) is 6.54 Å². The lowest BCUT2D eigenvalue weighted by molar-refractivity contribution is 0.377. The Labute approximate surface area is 185 Å². The maximum Gasteiger partial charge on any atom is 0.228 e. The number of halogens is 2. The molecule has 0 aliphatic heterocycles. The van der Waals surface area contributed by atoms with E-state index in [9.17, 15) is 0 Å². The minimum Gasteiger partial charge on any atom is -0.356 e. The lowest BCUT2D eigenvalue weighted by Crippen LogP contribution is -2.39. The fourth-order valence-electron chi connectivity index (χ4n) is 2.49. The molecule has 9 nitrogen and oxygen atoms in total. The van der Waals surface area contributed by atoms with Gasteiger partial charge in [-0.2, -0.15) is 10.1 Å². The first-order valence-electron chi connectivity index (χ1n) is 8.40. The SMILES string of the molecule is CN=C(NCCc1nc(-c2ccc(Cl)cc2)no1)N(C)Cc1ncnn1C.I. The monoisotopic (exact) mass is 516 g/mol. The molecule has 1 N–H and O–H groups in total. The first-order valence-corrected chi connectivity index (χ1v) is 8.78. The van der Waals surface area contributed by atoms with Gasteiger partial charge in [-0.3, -0.25) is 9.67 Å². The van der Waals surface area contributed by atoms with Gasteiger partial charge >= 0.3 is 0 Å². The summed E-state index contributed by atoms with van der Waals surface area (Å²) in [5.41, 5.74) is 0.863. The number of hydrogen-bond acceptors (Lipinski definition) is 6. The average molecular weight is 517 g/mol. The van der Waals surface area contributed by atoms with Crippen molar-refractivity contribution in [2.75, 3.05) is 20.6 Å². The van der Waals surface area contributed by atoms with Crippen molar-refractivity contribution in [3.05, 3.63) is 47.3 Å². The molecular formula is C17H22ClIN8O. The molecule has 1 aromatic carbocycles. The molecule has 0 atom stereocenters. The average Bonchev–Trinajstić information content (AvgIpc) is 3.29. The van der Waals surface area contributed by atoms with Crippen molar-refractivity contribution in [1.82, 2.24) is 35.1 Å². The molecule has 28 heavy (non-hydrogen) atoms. The van der Waals surface area contributed by atoms with Crippen molar-refractivity contribution in [1.29, 1.82) is 0 Å². The van der Waals surface area contributed by atoms with Crippen LogP contribution < -0.4 is 5.32 Å². The maximum atomic E-state index is 5.90. The Kier molecular flexibility index (Phi) is 8.18. The van der Waals surface area contributed by atoms with Gasteiger partial charge in [0, 0.05) is 44.7 Å². The normalized spacial score (nSPS) is 11.2. The van der Waals surface area contributed by atoms with Gasteiger partial charge in [0.15, 0.2) is 5.96 Å². The second-order valence-corrected chi connectivity index (χ2v) is 6.33. The van der Waals surface area contributed by atoms with Crippen LogP contribution >= 0.6 is 35.6 Å². The summed E-state index contributed by atoms with van der Waals surface area (Å²) in [6.07, 6.45) is 2.12. The molecule has 0 radical (unpaired) electrons. The molecule has 0 aliphatic carbocycles. The van der Waals surface area contributed by atoms with Crippen molar-refractivity contribution >= 4 is 41.5 Å². The van der Waals surface area contributed by atoms with E-state index >= 15 is 0 Å². The Balaban J connectivity index is 0.00000280. The van der Waals surface area contributed by atoms with E-state index in [1.165, 1.54) is 6.33 Å². The summed E-state index contributed by atoms with van der Waals surface area (Å²) >= 11 is 5.90. The van der Waals surface area contributed by atoms with Crippen LogP contribution in [-0.4, -0.2) is 56.4 Å². The molecule has 0 saturated heterocycles. The number of aliphatic imine (C=N–C) groups is 1. The Morgan fingerprint density at radius 1 is 1.32 bits per heavy atom. The van der Waals surface area contributed by atoms with Gasteiger partial charge in [0.2, 0.25) is 11.7 Å². The van der Waals surface area contributed by atoms with Crippen LogP contribution in [0.15, 0.2) is 40.1 Å². The van der Waals surface area contributed by atoms with Gasteiger partial charge in [0.1, 0.15) is 12.2 Å². The summed E-state index contributed by atoms with van der Waals surface area (Å²) < 4.78 is 7.05. The van der Waals surface area contributed by atoms with Crippen LogP contribution in [0.4, 0.5) is 0 Å². The summed E-state index contributed by atoms with van der Waals surface area (Å²) in [6, 6.07) is 7.31. The molecule has 0 aliphatic rings. The molecule has 0 bridgehead atoms. The standard InChI is InChI=1S/C17H21ClN8O.HI/c1-19-17(25(2)10-14-21-11-22-26(14)3)20-9-8-15-23-16(24-27-15)12-4-6-13(18)7-5-12;/h4-7,11H,8-10H2,1-3H3,(H,19,20);1H. The van der Waals surface area contributed by atoms with Crippen molar-refractivity contribution in [3.8, 4) is 11.4 Å². The minimum atomic E-state index is 0. The molecule has 0 fully saturated rings. The smallest absolute Gasteiger partial charge is 0.228 e. The van der Waals surface area contributed by atoms with E-state index in [1.807, 2.05) is 31.1 Å². The molecular weight excluding hydrogens is 495 g/mol. The van der Waals surface area contributed by atoms with Gasteiger partial charge in [-0.1, -0.05) is 16.8 Å². The molecule has 0 saturated carbocycles. The predicted molar refractivity (Wildman–Crippen MR) is 118 cm³/mol. The zero-order chi connectivity index (χ0) is 19.2. The zero-order valence-electron chi connectivity index (χ0n) is 15.8. The zero-order valence-corrected chi connectivity index (χ0v) is 18.9. The number of hydrogen-bond donors (Lipinski definition) is 1. The lowest BCUT2D eigenvalue weighted by atomic mass is 10.2. The Morgan fingerprint density at radius 3 is 2.71 bits per heavy atom. The Bertz CT molecular complexity index is 908. The van der Waals surface area contributed by atoms with Crippen molar-refractivity contribution in [2.45, 2.75) is 13.0 Å². The van der Waals surface area contributed by atoms with Crippen LogP contribution in [0.1, 0.15) is 11.7 Å². The molecule has 3 rings (SSSR count). The molecule has 0 unspecified atom stereocenters. The highest BCUT2D eigenvalue weighted by Crippen LogP contribution is 2.18. The van der Waals surface area contributed by atoms with E-state index < -0.39 is 0 Å². The number of guanidine groups is 1. The van der Waals surface area contributed by atoms with E-state index in [0.717, 1.165) is 17.3 Å². The summed E-state index contributed by atoms with van der Waals surface area (Å²) in [4.78, 5) is 14.9. The number of aromatic nitrogens is 5. The lowest BCUT2D eigenvalue weighted by Gasteiger charge is -2.21. The maximum absolute atomic E-state index is 5.90. The van der Waals surface area contributed by atoms with Gasteiger partial charge in [-0.05, 0) is 24.3 Å². The fraction of sp³-hybridized carbons (Fsp3) is 0.353. The van der Waals surface area contributed by atoms with E-state index in [1.54, 1.807) is 23.9 Å². The largest absolute Gasteiger partial charge is 0.356 e. The van der Waals surface area contributed by atoms with Crippen LogP contribution in [0.5, 0.6) is 0 Å². The molecule has 150 valence electrons. The summed E-state index contributed by atoms with van der Waals surface area (Å²) in [7, 11) is 5.54.